The molecule has 1 fully saturated rings. The number of hydrogen-bond acceptors (Lipinski definition) is 4. The predicted molar refractivity (Wildman–Crippen MR) is 93.1 cm³/mol. The van der Waals surface area contributed by atoms with Crippen molar-refractivity contribution in [2.24, 2.45) is 5.92 Å². The Bertz CT molecular complexity index is 779. The predicted octanol–water partition coefficient (Wildman–Crippen LogP) is 3.77. The molecule has 2 aromatic rings. The third-order valence-electron chi connectivity index (χ3n) is 5.36. The average Bonchev–Trinajstić information content (AvgIpc) is 2.86. The first kappa shape index (κ1) is 17.9. The Labute approximate surface area is 146 Å². The summed E-state index contributed by atoms with van der Waals surface area (Å²) in [6.45, 7) is 5.99. The minimum atomic E-state index is -0.469. The van der Waals surface area contributed by atoms with Crippen molar-refractivity contribution in [2.75, 3.05) is 6.61 Å². The highest BCUT2D eigenvalue weighted by atomic mass is 19.1. The second-order valence-electron chi connectivity index (χ2n) is 6.88. The molecule has 1 atom stereocenters. The molecule has 0 aromatic carbocycles. The van der Waals surface area contributed by atoms with Crippen LogP contribution in [-0.2, 0) is 4.74 Å². The molecule has 2 heterocycles. The number of rotatable bonds is 4. The highest BCUT2D eigenvalue weighted by molar-refractivity contribution is 6.05. The summed E-state index contributed by atoms with van der Waals surface area (Å²) in [5.74, 6) is -0.523. The maximum atomic E-state index is 13.8. The fraction of sp³-hybridized carbons (Fsp3) is 0.579. The van der Waals surface area contributed by atoms with E-state index in [0.717, 1.165) is 31.4 Å². The quantitative estimate of drug-likeness (QED) is 0.854. The summed E-state index contributed by atoms with van der Waals surface area (Å²) < 4.78 is 21.0. The van der Waals surface area contributed by atoms with Gasteiger partial charge in [-0.25, -0.2) is 14.2 Å². The number of aliphatic hydroxyl groups is 1. The zero-order chi connectivity index (χ0) is 18.1. The number of esters is 1. The van der Waals surface area contributed by atoms with E-state index in [-0.39, 0.29) is 18.8 Å². The van der Waals surface area contributed by atoms with Crippen LogP contribution in [0.1, 0.15) is 61.6 Å². The van der Waals surface area contributed by atoms with E-state index in [1.165, 1.54) is 12.3 Å². The van der Waals surface area contributed by atoms with Gasteiger partial charge >= 0.3 is 5.97 Å². The van der Waals surface area contributed by atoms with E-state index in [1.807, 2.05) is 11.5 Å². The smallest absolute Gasteiger partial charge is 0.340 e. The van der Waals surface area contributed by atoms with Crippen LogP contribution in [0.15, 0.2) is 12.3 Å². The molecule has 1 unspecified atom stereocenters. The van der Waals surface area contributed by atoms with Crippen LogP contribution in [0.25, 0.3) is 11.0 Å². The number of aliphatic hydroxyl groups excluding tert-OH is 1. The van der Waals surface area contributed by atoms with Gasteiger partial charge < -0.3 is 14.4 Å². The van der Waals surface area contributed by atoms with Crippen molar-refractivity contribution in [1.82, 2.24) is 9.55 Å². The molecule has 1 aliphatic rings. The molecule has 1 saturated carbocycles. The van der Waals surface area contributed by atoms with Crippen LogP contribution in [0.2, 0.25) is 0 Å². The van der Waals surface area contributed by atoms with Gasteiger partial charge in [0.15, 0.2) is 0 Å². The number of halogens is 1. The van der Waals surface area contributed by atoms with Crippen LogP contribution in [0, 0.1) is 18.7 Å². The van der Waals surface area contributed by atoms with Gasteiger partial charge in [-0.1, -0.05) is 0 Å². The number of aromatic nitrogens is 2. The van der Waals surface area contributed by atoms with Crippen LogP contribution < -0.4 is 0 Å². The monoisotopic (exact) mass is 348 g/mol. The SMILES string of the molecule is CCOC(=O)c1c(C)n(C(C)C2CCC(O)CC2)c2ncc(F)cc12. The number of nitrogens with zero attached hydrogens (tertiary/aromatic N) is 2. The molecule has 3 rings (SSSR count). The molecule has 0 amide bonds. The Hall–Kier alpha value is -1.95. The summed E-state index contributed by atoms with van der Waals surface area (Å²) in [4.78, 5) is 16.7. The fourth-order valence-electron chi connectivity index (χ4n) is 4.04. The Morgan fingerprint density at radius 1 is 1.44 bits per heavy atom. The van der Waals surface area contributed by atoms with Crippen LogP contribution in [0.5, 0.6) is 0 Å². The summed E-state index contributed by atoms with van der Waals surface area (Å²) >= 11 is 0. The number of pyridine rings is 1. The lowest BCUT2D eigenvalue weighted by molar-refractivity contribution is 0.0527. The Balaban J connectivity index is 2.08. The van der Waals surface area contributed by atoms with Crippen molar-refractivity contribution in [3.8, 4) is 0 Å². The molecule has 1 N–H and O–H groups in total. The standard InChI is InChI=1S/C19H25FN2O3/c1-4-25-19(24)17-12(3)22(18-16(17)9-14(20)10-21-18)11(2)13-5-7-15(23)8-6-13/h9-11,13,15,23H,4-8H2,1-3H3. The third-order valence-corrected chi connectivity index (χ3v) is 5.36. The van der Waals surface area contributed by atoms with Crippen LogP contribution in [-0.4, -0.2) is 33.3 Å². The molecule has 0 spiro atoms. The van der Waals surface area contributed by atoms with Gasteiger partial charge in [-0.05, 0) is 58.4 Å². The Morgan fingerprint density at radius 3 is 2.76 bits per heavy atom. The van der Waals surface area contributed by atoms with Gasteiger partial charge in [-0.15, -0.1) is 0 Å². The summed E-state index contributed by atoms with van der Waals surface area (Å²) in [7, 11) is 0. The van der Waals surface area contributed by atoms with Crippen molar-refractivity contribution in [2.45, 2.75) is 58.6 Å². The largest absolute Gasteiger partial charge is 0.462 e. The number of ether oxygens (including phenoxy) is 1. The second kappa shape index (κ2) is 7.12. The first-order valence-electron chi connectivity index (χ1n) is 8.95. The number of carbonyl (C=O) groups is 1. The van der Waals surface area contributed by atoms with Crippen molar-refractivity contribution < 1.29 is 19.0 Å². The summed E-state index contributed by atoms with van der Waals surface area (Å²) in [6.07, 6.45) is 4.41. The average molecular weight is 348 g/mol. The minimum absolute atomic E-state index is 0.108. The molecule has 25 heavy (non-hydrogen) atoms. The highest BCUT2D eigenvalue weighted by Gasteiger charge is 2.30. The molecule has 2 aromatic heterocycles. The molecular formula is C19H25FN2O3. The van der Waals surface area contributed by atoms with Gasteiger partial charge in [0.05, 0.1) is 24.5 Å². The lowest BCUT2D eigenvalue weighted by Crippen LogP contribution is -2.25. The van der Waals surface area contributed by atoms with Crippen LogP contribution in [0.3, 0.4) is 0 Å². The molecule has 0 aliphatic heterocycles. The molecule has 0 saturated heterocycles. The molecule has 0 bridgehead atoms. The van der Waals surface area contributed by atoms with Crippen LogP contribution in [0.4, 0.5) is 4.39 Å². The van der Waals surface area contributed by atoms with Gasteiger partial charge in [0.25, 0.3) is 0 Å². The van der Waals surface area contributed by atoms with Crippen molar-refractivity contribution in [1.29, 1.82) is 0 Å². The van der Waals surface area contributed by atoms with E-state index in [2.05, 4.69) is 11.9 Å². The Morgan fingerprint density at radius 2 is 2.12 bits per heavy atom. The molecule has 6 heteroatoms. The normalized spacial score (nSPS) is 22.1. The summed E-state index contributed by atoms with van der Waals surface area (Å²) in [5.41, 5.74) is 1.76. The molecule has 136 valence electrons. The topological polar surface area (TPSA) is 64.3 Å². The van der Waals surface area contributed by atoms with Gasteiger partial charge in [-0.3, -0.25) is 0 Å². The van der Waals surface area contributed by atoms with E-state index in [9.17, 15) is 14.3 Å². The lowest BCUT2D eigenvalue weighted by atomic mass is 9.83. The van der Waals surface area contributed by atoms with E-state index in [4.69, 9.17) is 4.74 Å². The number of hydrogen-bond donors (Lipinski definition) is 1. The zero-order valence-corrected chi connectivity index (χ0v) is 15.0. The second-order valence-corrected chi connectivity index (χ2v) is 6.88. The highest BCUT2D eigenvalue weighted by Crippen LogP contribution is 2.37. The van der Waals surface area contributed by atoms with Gasteiger partial charge in [-0.2, -0.15) is 0 Å². The van der Waals surface area contributed by atoms with Crippen molar-refractivity contribution >= 4 is 17.0 Å². The minimum Gasteiger partial charge on any atom is -0.462 e. The summed E-state index contributed by atoms with van der Waals surface area (Å²) in [5, 5.41) is 10.2. The summed E-state index contributed by atoms with van der Waals surface area (Å²) in [6, 6.07) is 1.46. The van der Waals surface area contributed by atoms with E-state index in [0.29, 0.717) is 22.5 Å². The Kier molecular flexibility index (Phi) is 5.08. The van der Waals surface area contributed by atoms with Gasteiger partial charge in [0, 0.05) is 17.1 Å². The van der Waals surface area contributed by atoms with E-state index in [1.54, 1.807) is 6.92 Å². The number of carbonyl (C=O) groups excluding carboxylic acids is 1. The fourth-order valence-corrected chi connectivity index (χ4v) is 4.04. The first-order valence-corrected chi connectivity index (χ1v) is 8.95. The molecule has 1 aliphatic carbocycles. The van der Waals surface area contributed by atoms with E-state index >= 15 is 0 Å². The molecule has 0 radical (unpaired) electrons. The number of fused-ring (bicyclic) bond motifs is 1. The first-order chi connectivity index (χ1) is 11.9. The van der Waals surface area contributed by atoms with Crippen molar-refractivity contribution in [3.05, 3.63) is 29.3 Å². The van der Waals surface area contributed by atoms with Gasteiger partial charge in [0.1, 0.15) is 11.5 Å². The molecular weight excluding hydrogens is 323 g/mol. The molecule has 5 nitrogen and oxygen atoms in total. The maximum Gasteiger partial charge on any atom is 0.340 e. The van der Waals surface area contributed by atoms with Crippen LogP contribution >= 0.6 is 0 Å². The maximum absolute atomic E-state index is 13.8. The van der Waals surface area contributed by atoms with Crippen molar-refractivity contribution in [3.63, 3.8) is 0 Å². The van der Waals surface area contributed by atoms with E-state index < -0.39 is 11.8 Å². The lowest BCUT2D eigenvalue weighted by Gasteiger charge is -2.32. The third kappa shape index (κ3) is 3.27. The zero-order valence-electron chi connectivity index (χ0n) is 15.0. The van der Waals surface area contributed by atoms with Gasteiger partial charge in [0.2, 0.25) is 0 Å².